The number of aromatic nitrogens is 3. The molecule has 2 heterocycles. The smallest absolute Gasteiger partial charge is 0.163 e. The molecule has 0 bridgehead atoms. The minimum Gasteiger partial charge on any atom is -0.311 e. The van der Waals surface area contributed by atoms with Crippen LogP contribution in [0.15, 0.2) is 29.2 Å². The maximum absolute atomic E-state index is 4.35. The molecule has 0 aliphatic carbocycles. The molecule has 0 saturated heterocycles. The predicted molar refractivity (Wildman–Crippen MR) is 70.2 cm³/mol. The molecular weight excluding hydrogens is 230 g/mol. The first-order valence-electron chi connectivity index (χ1n) is 5.95. The fourth-order valence-electron chi connectivity index (χ4n) is 2.28. The molecule has 1 aromatic heterocycles. The molecule has 0 spiro atoms. The van der Waals surface area contributed by atoms with Gasteiger partial charge in [-0.1, -0.05) is 12.1 Å². The Morgan fingerprint density at radius 1 is 1.24 bits per heavy atom. The molecule has 3 nitrogen and oxygen atoms in total. The molecule has 1 aliphatic heterocycles. The average molecular weight is 245 g/mol. The van der Waals surface area contributed by atoms with Crippen LogP contribution in [0.1, 0.15) is 18.7 Å². The van der Waals surface area contributed by atoms with Gasteiger partial charge in [-0.2, -0.15) is 0 Å². The summed E-state index contributed by atoms with van der Waals surface area (Å²) in [7, 11) is 0. The van der Waals surface area contributed by atoms with Gasteiger partial charge in [-0.15, -0.1) is 22.0 Å². The third-order valence-corrected chi connectivity index (χ3v) is 3.91. The van der Waals surface area contributed by atoms with Gasteiger partial charge in [0.15, 0.2) is 5.82 Å². The molecule has 88 valence electrons. The second-order valence-electron chi connectivity index (χ2n) is 4.28. The van der Waals surface area contributed by atoms with E-state index in [0.29, 0.717) is 0 Å². The monoisotopic (exact) mass is 245 g/mol. The molecule has 1 aromatic carbocycles. The van der Waals surface area contributed by atoms with E-state index in [9.17, 15) is 0 Å². The van der Waals surface area contributed by atoms with E-state index in [-0.39, 0.29) is 0 Å². The van der Waals surface area contributed by atoms with Crippen LogP contribution in [0.4, 0.5) is 0 Å². The molecule has 4 heteroatoms. The van der Waals surface area contributed by atoms with Crippen molar-refractivity contribution in [3.63, 3.8) is 0 Å². The van der Waals surface area contributed by atoms with Gasteiger partial charge in [0.05, 0.1) is 0 Å². The van der Waals surface area contributed by atoms with Gasteiger partial charge in [-0.05, 0) is 31.2 Å². The van der Waals surface area contributed by atoms with Gasteiger partial charge in [-0.3, -0.25) is 0 Å². The molecule has 0 unspecified atom stereocenters. The zero-order valence-corrected chi connectivity index (χ0v) is 10.7. The van der Waals surface area contributed by atoms with E-state index in [1.807, 2.05) is 0 Å². The van der Waals surface area contributed by atoms with Crippen LogP contribution in [0.3, 0.4) is 0 Å². The molecule has 0 saturated carbocycles. The fourth-order valence-corrected chi connectivity index (χ4v) is 2.74. The topological polar surface area (TPSA) is 30.7 Å². The number of hydrogen-bond acceptors (Lipinski definition) is 3. The third kappa shape index (κ3) is 1.97. The molecule has 0 amide bonds. The Bertz CT molecular complexity index is 533. The highest BCUT2D eigenvalue weighted by atomic mass is 32.2. The maximum atomic E-state index is 4.35. The number of hydrogen-bond donors (Lipinski definition) is 0. The molecule has 0 radical (unpaired) electrons. The molecule has 0 atom stereocenters. The SMILES string of the molecule is CSc1cccc(-c2nnc3n2CCCC3)c1. The van der Waals surface area contributed by atoms with E-state index in [0.717, 1.165) is 24.6 Å². The molecule has 0 N–H and O–H groups in total. The minimum absolute atomic E-state index is 1.02. The van der Waals surface area contributed by atoms with Gasteiger partial charge in [0.2, 0.25) is 0 Å². The lowest BCUT2D eigenvalue weighted by molar-refractivity contribution is 0.526. The van der Waals surface area contributed by atoms with E-state index < -0.39 is 0 Å². The summed E-state index contributed by atoms with van der Waals surface area (Å²) >= 11 is 1.76. The summed E-state index contributed by atoms with van der Waals surface area (Å²) in [4.78, 5) is 1.27. The van der Waals surface area contributed by atoms with Crippen molar-refractivity contribution in [3.05, 3.63) is 30.1 Å². The van der Waals surface area contributed by atoms with Crippen LogP contribution in [-0.2, 0) is 13.0 Å². The van der Waals surface area contributed by atoms with E-state index in [1.165, 1.54) is 23.3 Å². The standard InChI is InChI=1S/C13H15N3S/c1-17-11-6-4-5-10(9-11)13-15-14-12-7-2-3-8-16(12)13/h4-6,9H,2-3,7-8H2,1H3. The number of rotatable bonds is 2. The lowest BCUT2D eigenvalue weighted by atomic mass is 10.1. The minimum atomic E-state index is 1.02. The van der Waals surface area contributed by atoms with Crippen LogP contribution in [0.5, 0.6) is 0 Å². The average Bonchev–Trinajstić information content (AvgIpc) is 2.82. The van der Waals surface area contributed by atoms with Crippen LogP contribution >= 0.6 is 11.8 Å². The van der Waals surface area contributed by atoms with Gasteiger partial charge in [0.25, 0.3) is 0 Å². The van der Waals surface area contributed by atoms with E-state index in [2.05, 4.69) is 45.3 Å². The van der Waals surface area contributed by atoms with Crippen LogP contribution in [0.2, 0.25) is 0 Å². The van der Waals surface area contributed by atoms with Gasteiger partial charge in [0.1, 0.15) is 5.82 Å². The number of thioether (sulfide) groups is 1. The molecular formula is C13H15N3S. The number of fused-ring (bicyclic) bond motifs is 1. The number of benzene rings is 1. The second-order valence-corrected chi connectivity index (χ2v) is 5.16. The van der Waals surface area contributed by atoms with Crippen molar-refractivity contribution in [1.29, 1.82) is 0 Å². The Morgan fingerprint density at radius 2 is 2.18 bits per heavy atom. The van der Waals surface area contributed by atoms with Crippen LogP contribution in [0, 0.1) is 0 Å². The molecule has 2 aromatic rings. The summed E-state index contributed by atoms with van der Waals surface area (Å²) in [6.07, 6.45) is 5.64. The zero-order chi connectivity index (χ0) is 11.7. The molecule has 17 heavy (non-hydrogen) atoms. The quantitative estimate of drug-likeness (QED) is 0.762. The predicted octanol–water partition coefficient (Wildman–Crippen LogP) is 3.00. The fraction of sp³-hybridized carbons (Fsp3) is 0.385. The van der Waals surface area contributed by atoms with E-state index in [1.54, 1.807) is 11.8 Å². The van der Waals surface area contributed by atoms with Crippen molar-refractivity contribution in [2.45, 2.75) is 30.7 Å². The Balaban J connectivity index is 2.05. The second kappa shape index (κ2) is 4.53. The summed E-state index contributed by atoms with van der Waals surface area (Å²) in [6.45, 7) is 1.06. The van der Waals surface area contributed by atoms with Gasteiger partial charge in [0, 0.05) is 23.4 Å². The van der Waals surface area contributed by atoms with Crippen LogP contribution in [-0.4, -0.2) is 21.0 Å². The van der Waals surface area contributed by atoms with Crippen LogP contribution in [0.25, 0.3) is 11.4 Å². The highest BCUT2D eigenvalue weighted by Gasteiger charge is 2.16. The van der Waals surface area contributed by atoms with Crippen molar-refractivity contribution < 1.29 is 0 Å². The Morgan fingerprint density at radius 3 is 3.06 bits per heavy atom. The lowest BCUT2D eigenvalue weighted by Gasteiger charge is -2.14. The summed E-state index contributed by atoms with van der Waals surface area (Å²) < 4.78 is 2.27. The largest absolute Gasteiger partial charge is 0.311 e. The highest BCUT2D eigenvalue weighted by Crippen LogP contribution is 2.26. The van der Waals surface area contributed by atoms with E-state index >= 15 is 0 Å². The first-order valence-corrected chi connectivity index (χ1v) is 7.17. The zero-order valence-electron chi connectivity index (χ0n) is 9.89. The summed E-state index contributed by atoms with van der Waals surface area (Å²) in [5.41, 5.74) is 1.18. The summed E-state index contributed by atoms with van der Waals surface area (Å²) in [5.74, 6) is 2.16. The first-order chi connectivity index (χ1) is 8.38. The summed E-state index contributed by atoms with van der Waals surface area (Å²) in [5, 5.41) is 8.64. The Kier molecular flexibility index (Phi) is 2.89. The van der Waals surface area contributed by atoms with Gasteiger partial charge in [-0.25, -0.2) is 0 Å². The molecule has 0 fully saturated rings. The Hall–Kier alpha value is -1.29. The lowest BCUT2D eigenvalue weighted by Crippen LogP contribution is -2.11. The number of nitrogens with zero attached hydrogens (tertiary/aromatic N) is 3. The van der Waals surface area contributed by atoms with Gasteiger partial charge < -0.3 is 4.57 Å². The first kappa shape index (κ1) is 10.8. The van der Waals surface area contributed by atoms with Crippen molar-refractivity contribution in [2.75, 3.05) is 6.26 Å². The van der Waals surface area contributed by atoms with E-state index in [4.69, 9.17) is 0 Å². The van der Waals surface area contributed by atoms with Gasteiger partial charge >= 0.3 is 0 Å². The Labute approximate surface area is 105 Å². The normalized spacial score (nSPS) is 14.6. The van der Waals surface area contributed by atoms with Crippen molar-refractivity contribution in [1.82, 2.24) is 14.8 Å². The van der Waals surface area contributed by atoms with Crippen LogP contribution < -0.4 is 0 Å². The molecule has 1 aliphatic rings. The third-order valence-electron chi connectivity index (χ3n) is 3.19. The van der Waals surface area contributed by atoms with Crippen molar-refractivity contribution >= 4 is 11.8 Å². The maximum Gasteiger partial charge on any atom is 0.163 e. The van der Waals surface area contributed by atoms with Crippen molar-refractivity contribution in [3.8, 4) is 11.4 Å². The van der Waals surface area contributed by atoms with Crippen molar-refractivity contribution in [2.24, 2.45) is 0 Å². The number of aryl methyl sites for hydroxylation is 1. The molecule has 3 rings (SSSR count). The highest BCUT2D eigenvalue weighted by molar-refractivity contribution is 7.98. The summed E-state index contributed by atoms with van der Waals surface area (Å²) in [6, 6.07) is 8.52.